The SMILES string of the molecule is CCn1nncc1N1CCCC1CBr. The maximum absolute atomic E-state index is 4.06. The summed E-state index contributed by atoms with van der Waals surface area (Å²) in [6.07, 6.45) is 4.40. The van der Waals surface area contributed by atoms with Crippen molar-refractivity contribution >= 4 is 21.7 Å². The smallest absolute Gasteiger partial charge is 0.147 e. The molecule has 1 saturated heterocycles. The Bertz CT molecular complexity index is 299. The van der Waals surface area contributed by atoms with Gasteiger partial charge in [-0.1, -0.05) is 21.1 Å². The zero-order chi connectivity index (χ0) is 9.97. The molecule has 1 atom stereocenters. The van der Waals surface area contributed by atoms with E-state index in [0.717, 1.165) is 24.2 Å². The third-order valence-corrected chi connectivity index (χ3v) is 3.49. The number of anilines is 1. The van der Waals surface area contributed by atoms with Crippen molar-refractivity contribution in [3.8, 4) is 0 Å². The molecule has 0 aliphatic carbocycles. The van der Waals surface area contributed by atoms with E-state index in [1.54, 1.807) is 0 Å². The van der Waals surface area contributed by atoms with Crippen molar-refractivity contribution in [2.24, 2.45) is 0 Å². The van der Waals surface area contributed by atoms with Crippen molar-refractivity contribution in [2.45, 2.75) is 32.4 Å². The summed E-state index contributed by atoms with van der Waals surface area (Å²) in [6, 6.07) is 0.610. The van der Waals surface area contributed by atoms with Gasteiger partial charge < -0.3 is 4.90 Å². The van der Waals surface area contributed by atoms with Crippen molar-refractivity contribution in [3.63, 3.8) is 0 Å². The topological polar surface area (TPSA) is 34.0 Å². The van der Waals surface area contributed by atoms with Crippen molar-refractivity contribution in [1.29, 1.82) is 0 Å². The van der Waals surface area contributed by atoms with Crippen LogP contribution in [0.2, 0.25) is 0 Å². The second-order valence-electron chi connectivity index (χ2n) is 3.55. The Morgan fingerprint density at radius 1 is 1.64 bits per heavy atom. The molecule has 0 amide bonds. The van der Waals surface area contributed by atoms with Gasteiger partial charge in [0.15, 0.2) is 0 Å². The lowest BCUT2D eigenvalue weighted by atomic mass is 10.2. The van der Waals surface area contributed by atoms with E-state index < -0.39 is 0 Å². The number of alkyl halides is 1. The van der Waals surface area contributed by atoms with Gasteiger partial charge in [0, 0.05) is 24.5 Å². The first kappa shape index (κ1) is 9.96. The molecule has 1 aliphatic heterocycles. The summed E-state index contributed by atoms with van der Waals surface area (Å²) in [4.78, 5) is 2.40. The van der Waals surface area contributed by atoms with Gasteiger partial charge in [-0.05, 0) is 19.8 Å². The van der Waals surface area contributed by atoms with E-state index in [-0.39, 0.29) is 0 Å². The largest absolute Gasteiger partial charge is 0.352 e. The van der Waals surface area contributed by atoms with Crippen LogP contribution in [-0.4, -0.2) is 32.9 Å². The van der Waals surface area contributed by atoms with Crippen molar-refractivity contribution in [3.05, 3.63) is 6.20 Å². The summed E-state index contributed by atoms with van der Waals surface area (Å²) in [5.41, 5.74) is 0. The van der Waals surface area contributed by atoms with Crippen molar-refractivity contribution < 1.29 is 0 Å². The Labute approximate surface area is 92.4 Å². The van der Waals surface area contributed by atoms with Crippen LogP contribution in [0.5, 0.6) is 0 Å². The number of aryl methyl sites for hydroxylation is 1. The first-order chi connectivity index (χ1) is 6.86. The number of hydrogen-bond acceptors (Lipinski definition) is 3. The maximum atomic E-state index is 4.06. The van der Waals surface area contributed by atoms with Gasteiger partial charge in [0.25, 0.3) is 0 Å². The molecule has 1 unspecified atom stereocenters. The molecule has 5 heteroatoms. The highest BCUT2D eigenvalue weighted by molar-refractivity contribution is 9.09. The number of hydrogen-bond donors (Lipinski definition) is 0. The second kappa shape index (κ2) is 4.29. The summed E-state index contributed by atoms with van der Waals surface area (Å²) in [7, 11) is 0. The van der Waals surface area contributed by atoms with Gasteiger partial charge >= 0.3 is 0 Å². The first-order valence-corrected chi connectivity index (χ1v) is 6.20. The monoisotopic (exact) mass is 258 g/mol. The molecule has 4 nitrogen and oxygen atoms in total. The maximum Gasteiger partial charge on any atom is 0.147 e. The molecule has 1 aromatic rings. The highest BCUT2D eigenvalue weighted by Gasteiger charge is 2.26. The van der Waals surface area contributed by atoms with Crippen LogP contribution in [0, 0.1) is 0 Å². The normalized spacial score (nSPS) is 21.9. The Hall–Kier alpha value is -0.580. The summed E-state index contributed by atoms with van der Waals surface area (Å²) >= 11 is 3.56. The molecule has 0 aromatic carbocycles. The van der Waals surface area contributed by atoms with E-state index in [9.17, 15) is 0 Å². The Morgan fingerprint density at radius 3 is 3.21 bits per heavy atom. The van der Waals surface area contributed by atoms with Crippen LogP contribution in [0.25, 0.3) is 0 Å². The van der Waals surface area contributed by atoms with Crippen LogP contribution < -0.4 is 4.90 Å². The predicted molar refractivity (Wildman–Crippen MR) is 59.9 cm³/mol. The van der Waals surface area contributed by atoms with E-state index in [1.807, 2.05) is 10.9 Å². The Morgan fingerprint density at radius 2 is 2.50 bits per heavy atom. The summed E-state index contributed by atoms with van der Waals surface area (Å²) in [5.74, 6) is 1.16. The zero-order valence-corrected chi connectivity index (χ0v) is 9.94. The molecule has 2 heterocycles. The third-order valence-electron chi connectivity index (χ3n) is 2.75. The molecule has 14 heavy (non-hydrogen) atoms. The Balaban J connectivity index is 2.21. The fourth-order valence-electron chi connectivity index (χ4n) is 2.00. The lowest BCUT2D eigenvalue weighted by Crippen LogP contribution is -2.32. The van der Waals surface area contributed by atoms with Crippen LogP contribution in [0.4, 0.5) is 5.82 Å². The van der Waals surface area contributed by atoms with Crippen LogP contribution in [0.15, 0.2) is 6.20 Å². The van der Waals surface area contributed by atoms with Gasteiger partial charge in [-0.25, -0.2) is 4.68 Å². The molecule has 0 spiro atoms. The molecule has 0 radical (unpaired) electrons. The quantitative estimate of drug-likeness (QED) is 0.774. The molecule has 0 saturated carbocycles. The van der Waals surface area contributed by atoms with Gasteiger partial charge in [0.1, 0.15) is 5.82 Å². The standard InChI is InChI=1S/C9H15BrN4/c1-2-14-9(7-11-12-14)13-5-3-4-8(13)6-10/h7-8H,2-6H2,1H3. The Kier molecular flexibility index (Phi) is 3.05. The van der Waals surface area contributed by atoms with Crippen LogP contribution >= 0.6 is 15.9 Å². The summed E-state index contributed by atoms with van der Waals surface area (Å²) in [6.45, 7) is 4.11. The van der Waals surface area contributed by atoms with E-state index in [2.05, 4.69) is 38.1 Å². The molecule has 0 N–H and O–H groups in total. The molecule has 1 fully saturated rings. The number of halogens is 1. The lowest BCUT2D eigenvalue weighted by Gasteiger charge is -2.24. The molecule has 0 bridgehead atoms. The third kappa shape index (κ3) is 1.65. The number of rotatable bonds is 3. The van der Waals surface area contributed by atoms with Crippen LogP contribution in [0.1, 0.15) is 19.8 Å². The predicted octanol–water partition coefficient (Wildman–Crippen LogP) is 1.66. The minimum atomic E-state index is 0.610. The van der Waals surface area contributed by atoms with Gasteiger partial charge in [0.05, 0.1) is 6.20 Å². The zero-order valence-electron chi connectivity index (χ0n) is 8.36. The lowest BCUT2D eigenvalue weighted by molar-refractivity contribution is 0.607. The highest BCUT2D eigenvalue weighted by atomic mass is 79.9. The van der Waals surface area contributed by atoms with Crippen LogP contribution in [-0.2, 0) is 6.54 Å². The molecule has 1 aromatic heterocycles. The molecule has 2 rings (SSSR count). The van der Waals surface area contributed by atoms with Crippen LogP contribution in [0.3, 0.4) is 0 Å². The highest BCUT2D eigenvalue weighted by Crippen LogP contribution is 2.25. The fourth-order valence-corrected chi connectivity index (χ4v) is 2.67. The van der Waals surface area contributed by atoms with E-state index in [1.165, 1.54) is 12.8 Å². The fraction of sp³-hybridized carbons (Fsp3) is 0.778. The average molecular weight is 259 g/mol. The van der Waals surface area contributed by atoms with Gasteiger partial charge in [0.2, 0.25) is 0 Å². The summed E-state index contributed by atoms with van der Waals surface area (Å²) in [5, 5.41) is 9.05. The molecular formula is C9H15BrN4. The number of aromatic nitrogens is 3. The number of nitrogens with zero attached hydrogens (tertiary/aromatic N) is 4. The van der Waals surface area contributed by atoms with Gasteiger partial charge in [-0.3, -0.25) is 0 Å². The van der Waals surface area contributed by atoms with Crippen molar-refractivity contribution in [1.82, 2.24) is 15.0 Å². The van der Waals surface area contributed by atoms with E-state index >= 15 is 0 Å². The van der Waals surface area contributed by atoms with E-state index in [4.69, 9.17) is 0 Å². The van der Waals surface area contributed by atoms with Crippen molar-refractivity contribution in [2.75, 3.05) is 16.8 Å². The minimum Gasteiger partial charge on any atom is -0.352 e. The van der Waals surface area contributed by atoms with E-state index in [0.29, 0.717) is 6.04 Å². The molecular weight excluding hydrogens is 244 g/mol. The summed E-state index contributed by atoms with van der Waals surface area (Å²) < 4.78 is 1.96. The second-order valence-corrected chi connectivity index (χ2v) is 4.20. The first-order valence-electron chi connectivity index (χ1n) is 5.08. The average Bonchev–Trinajstić information content (AvgIpc) is 2.85. The van der Waals surface area contributed by atoms with Gasteiger partial charge in [-0.2, -0.15) is 0 Å². The molecule has 78 valence electrons. The molecule has 1 aliphatic rings. The van der Waals surface area contributed by atoms with Gasteiger partial charge in [-0.15, -0.1) is 5.10 Å². The minimum absolute atomic E-state index is 0.610.